The molecule has 2 aromatic carbocycles. The van der Waals surface area contributed by atoms with Crippen molar-refractivity contribution in [3.63, 3.8) is 0 Å². The van der Waals surface area contributed by atoms with Crippen molar-refractivity contribution in [1.82, 2.24) is 9.73 Å². The number of halogens is 1. The summed E-state index contributed by atoms with van der Waals surface area (Å²) in [6.07, 6.45) is 3.12. The molecule has 2 rings (SSSR count). The van der Waals surface area contributed by atoms with Crippen molar-refractivity contribution in [2.24, 2.45) is 5.10 Å². The Morgan fingerprint density at radius 1 is 1.15 bits per heavy atom. The average molecular weight is 438 g/mol. The number of benzene rings is 2. The van der Waals surface area contributed by atoms with Gasteiger partial charge in [0.25, 0.3) is 5.91 Å². The van der Waals surface area contributed by atoms with E-state index >= 15 is 0 Å². The van der Waals surface area contributed by atoms with Crippen LogP contribution >= 0.6 is 15.9 Å². The topological polar surface area (TPSA) is 78.8 Å². The Morgan fingerprint density at radius 2 is 1.81 bits per heavy atom. The highest BCUT2D eigenvalue weighted by Gasteiger charge is 2.19. The maximum absolute atomic E-state index is 12.0. The number of amides is 1. The van der Waals surface area contributed by atoms with E-state index in [1.807, 2.05) is 54.6 Å². The minimum Gasteiger partial charge on any atom is -0.272 e. The summed E-state index contributed by atoms with van der Waals surface area (Å²) < 4.78 is 25.9. The molecule has 8 heteroatoms. The molecule has 2 aromatic rings. The third-order valence-electron chi connectivity index (χ3n) is 3.55. The fourth-order valence-corrected chi connectivity index (χ4v) is 3.22. The van der Waals surface area contributed by atoms with Crippen LogP contribution in [0.25, 0.3) is 0 Å². The monoisotopic (exact) mass is 437 g/mol. The Hall–Kier alpha value is -2.03. The zero-order chi connectivity index (χ0) is 19.0. The van der Waals surface area contributed by atoms with Crippen molar-refractivity contribution < 1.29 is 13.2 Å². The maximum atomic E-state index is 12.0. The van der Waals surface area contributed by atoms with Gasteiger partial charge in [-0.2, -0.15) is 9.41 Å². The van der Waals surface area contributed by atoms with Crippen LogP contribution in [-0.2, 0) is 21.2 Å². The van der Waals surface area contributed by atoms with Crippen molar-refractivity contribution in [2.45, 2.75) is 6.42 Å². The fourth-order valence-electron chi connectivity index (χ4n) is 2.18. The smallest absolute Gasteiger partial charge is 0.255 e. The number of nitrogens with one attached hydrogen (secondary N) is 1. The normalized spacial score (nSPS) is 11.8. The molecule has 0 bridgehead atoms. The van der Waals surface area contributed by atoms with Crippen LogP contribution in [0.15, 0.2) is 64.2 Å². The Labute approximate surface area is 162 Å². The quantitative estimate of drug-likeness (QED) is 0.508. The van der Waals surface area contributed by atoms with Gasteiger partial charge < -0.3 is 0 Å². The molecule has 0 aliphatic rings. The summed E-state index contributed by atoms with van der Waals surface area (Å²) in [4.78, 5) is 12.0. The van der Waals surface area contributed by atoms with Gasteiger partial charge in [-0.3, -0.25) is 4.79 Å². The molecule has 0 aliphatic carbocycles. The van der Waals surface area contributed by atoms with E-state index in [9.17, 15) is 13.2 Å². The summed E-state index contributed by atoms with van der Waals surface area (Å²) in [7, 11) is -3.50. The standard InChI is InChI=1S/C18H20BrN3O3S/c1-26(24,25)22(12-11-15-5-3-2-4-6-15)14-18(23)21-20-13-16-7-9-17(19)10-8-16/h2-10,13H,11-12,14H2,1H3,(H,21,23). The van der Waals surface area contributed by atoms with Crippen molar-refractivity contribution in [3.8, 4) is 0 Å². The van der Waals surface area contributed by atoms with Crippen LogP contribution in [0.5, 0.6) is 0 Å². The van der Waals surface area contributed by atoms with Gasteiger partial charge in [-0.05, 0) is 29.7 Å². The maximum Gasteiger partial charge on any atom is 0.255 e. The Kier molecular flexibility index (Phi) is 7.50. The summed E-state index contributed by atoms with van der Waals surface area (Å²) in [5.74, 6) is -0.489. The lowest BCUT2D eigenvalue weighted by Crippen LogP contribution is -2.40. The molecular formula is C18H20BrN3O3S. The zero-order valence-corrected chi connectivity index (χ0v) is 16.7. The summed E-state index contributed by atoms with van der Waals surface area (Å²) in [6, 6.07) is 16.9. The number of nitrogens with zero attached hydrogens (tertiary/aromatic N) is 2. The summed E-state index contributed by atoms with van der Waals surface area (Å²) in [5.41, 5.74) is 4.19. The Bertz CT molecular complexity index is 853. The van der Waals surface area contributed by atoms with Crippen LogP contribution in [-0.4, -0.2) is 44.2 Å². The van der Waals surface area contributed by atoms with E-state index < -0.39 is 15.9 Å². The summed E-state index contributed by atoms with van der Waals surface area (Å²) >= 11 is 3.34. The summed E-state index contributed by atoms with van der Waals surface area (Å²) in [5, 5.41) is 3.86. The number of hydrogen-bond acceptors (Lipinski definition) is 4. The van der Waals surface area contributed by atoms with Crippen LogP contribution in [0.3, 0.4) is 0 Å². The first-order valence-corrected chi connectivity index (χ1v) is 10.6. The summed E-state index contributed by atoms with van der Waals surface area (Å²) in [6.45, 7) is -0.0456. The second-order valence-electron chi connectivity index (χ2n) is 5.68. The minimum absolute atomic E-state index is 0.229. The molecule has 138 valence electrons. The average Bonchev–Trinajstić information content (AvgIpc) is 2.60. The molecule has 1 N–H and O–H groups in total. The molecule has 6 nitrogen and oxygen atoms in total. The predicted octanol–water partition coefficient (Wildman–Crippen LogP) is 2.40. The van der Waals surface area contributed by atoms with Crippen LogP contribution in [0.1, 0.15) is 11.1 Å². The van der Waals surface area contributed by atoms with E-state index in [1.165, 1.54) is 6.21 Å². The lowest BCUT2D eigenvalue weighted by molar-refractivity contribution is -0.121. The van der Waals surface area contributed by atoms with Gasteiger partial charge in [0.2, 0.25) is 10.0 Å². The number of hydrogen-bond donors (Lipinski definition) is 1. The van der Waals surface area contributed by atoms with Crippen molar-refractivity contribution in [2.75, 3.05) is 19.3 Å². The molecule has 0 saturated heterocycles. The lowest BCUT2D eigenvalue weighted by Gasteiger charge is -2.18. The molecule has 0 unspecified atom stereocenters. The highest BCUT2D eigenvalue weighted by atomic mass is 79.9. The van der Waals surface area contributed by atoms with Crippen molar-refractivity contribution in [3.05, 3.63) is 70.2 Å². The fraction of sp³-hybridized carbons (Fsp3) is 0.222. The number of sulfonamides is 1. The van der Waals surface area contributed by atoms with E-state index in [1.54, 1.807) is 0 Å². The molecule has 0 spiro atoms. The first kappa shape index (κ1) is 20.3. The zero-order valence-electron chi connectivity index (χ0n) is 14.3. The predicted molar refractivity (Wildman–Crippen MR) is 106 cm³/mol. The van der Waals surface area contributed by atoms with E-state index in [4.69, 9.17) is 0 Å². The van der Waals surface area contributed by atoms with Crippen LogP contribution in [0, 0.1) is 0 Å². The Morgan fingerprint density at radius 3 is 2.42 bits per heavy atom. The number of hydrazone groups is 1. The van der Waals surface area contributed by atoms with E-state index in [2.05, 4.69) is 26.5 Å². The number of carbonyl (C=O) groups is 1. The molecule has 0 heterocycles. The van der Waals surface area contributed by atoms with Gasteiger partial charge in [0.15, 0.2) is 0 Å². The molecule has 0 saturated carbocycles. The minimum atomic E-state index is -3.50. The number of rotatable bonds is 8. The number of carbonyl (C=O) groups excluding carboxylic acids is 1. The molecule has 0 aliphatic heterocycles. The molecule has 0 radical (unpaired) electrons. The van der Waals surface area contributed by atoms with Gasteiger partial charge in [0.1, 0.15) is 0 Å². The van der Waals surface area contributed by atoms with Crippen LogP contribution in [0.4, 0.5) is 0 Å². The first-order valence-electron chi connectivity index (χ1n) is 7.91. The first-order chi connectivity index (χ1) is 12.3. The molecule has 0 atom stereocenters. The van der Waals surface area contributed by atoms with Gasteiger partial charge in [-0.15, -0.1) is 0 Å². The lowest BCUT2D eigenvalue weighted by atomic mass is 10.1. The highest BCUT2D eigenvalue weighted by Crippen LogP contribution is 2.09. The molecule has 1 amide bonds. The molecular weight excluding hydrogens is 418 g/mol. The third-order valence-corrected chi connectivity index (χ3v) is 5.33. The Balaban J connectivity index is 1.90. The highest BCUT2D eigenvalue weighted by molar-refractivity contribution is 9.10. The van der Waals surface area contributed by atoms with Gasteiger partial charge in [-0.25, -0.2) is 13.8 Å². The molecule has 26 heavy (non-hydrogen) atoms. The molecule has 0 fully saturated rings. The van der Waals surface area contributed by atoms with Crippen molar-refractivity contribution >= 4 is 38.1 Å². The SMILES string of the molecule is CS(=O)(=O)N(CCc1ccccc1)CC(=O)NN=Cc1ccc(Br)cc1. The van der Waals surface area contributed by atoms with Gasteiger partial charge in [-0.1, -0.05) is 58.4 Å². The van der Waals surface area contributed by atoms with E-state index in [0.29, 0.717) is 6.42 Å². The van der Waals surface area contributed by atoms with E-state index in [0.717, 1.165) is 26.2 Å². The van der Waals surface area contributed by atoms with E-state index in [-0.39, 0.29) is 13.1 Å². The molecule has 0 aromatic heterocycles. The van der Waals surface area contributed by atoms with Gasteiger partial charge >= 0.3 is 0 Å². The van der Waals surface area contributed by atoms with Gasteiger partial charge in [0, 0.05) is 11.0 Å². The van der Waals surface area contributed by atoms with Crippen LogP contribution < -0.4 is 5.43 Å². The second kappa shape index (κ2) is 9.61. The third kappa shape index (κ3) is 7.07. The largest absolute Gasteiger partial charge is 0.272 e. The van der Waals surface area contributed by atoms with Gasteiger partial charge in [0.05, 0.1) is 19.0 Å². The second-order valence-corrected chi connectivity index (χ2v) is 8.57. The van der Waals surface area contributed by atoms with Crippen molar-refractivity contribution in [1.29, 1.82) is 0 Å². The van der Waals surface area contributed by atoms with Crippen LogP contribution in [0.2, 0.25) is 0 Å².